The third-order valence-electron chi connectivity index (χ3n) is 2.74. The molecule has 1 saturated heterocycles. The van der Waals surface area contributed by atoms with Gasteiger partial charge in [0.25, 0.3) is 0 Å². The molecule has 15 heavy (non-hydrogen) atoms. The van der Waals surface area contributed by atoms with Gasteiger partial charge in [-0.05, 0) is 12.1 Å². The summed E-state index contributed by atoms with van der Waals surface area (Å²) in [6, 6.07) is 6.19. The highest BCUT2D eigenvalue weighted by Crippen LogP contribution is 2.17. The second-order valence-electron chi connectivity index (χ2n) is 3.64. The van der Waals surface area contributed by atoms with Gasteiger partial charge in [-0.1, -0.05) is 6.07 Å². The molecular formula is C11H13N3O. The third-order valence-corrected chi connectivity index (χ3v) is 2.74. The number of morpholine rings is 1. The summed E-state index contributed by atoms with van der Waals surface area (Å²) >= 11 is 0. The first-order valence-corrected chi connectivity index (χ1v) is 5.20. The van der Waals surface area contributed by atoms with Crippen LogP contribution in [0.3, 0.4) is 0 Å². The van der Waals surface area contributed by atoms with Crippen LogP contribution in [-0.4, -0.2) is 35.7 Å². The number of rotatable bonds is 1. The number of nitrogens with zero attached hydrogens (tertiary/aromatic N) is 3. The van der Waals surface area contributed by atoms with Crippen molar-refractivity contribution in [2.45, 2.75) is 0 Å². The van der Waals surface area contributed by atoms with E-state index in [1.165, 1.54) is 5.82 Å². The Hall–Kier alpha value is -1.55. The molecule has 0 unspecified atom stereocenters. The second-order valence-corrected chi connectivity index (χ2v) is 3.64. The molecular weight excluding hydrogens is 190 g/mol. The molecule has 3 heterocycles. The van der Waals surface area contributed by atoms with Crippen molar-refractivity contribution in [3.05, 3.63) is 30.6 Å². The van der Waals surface area contributed by atoms with Gasteiger partial charge in [-0.3, -0.25) is 4.40 Å². The van der Waals surface area contributed by atoms with E-state index in [4.69, 9.17) is 4.74 Å². The van der Waals surface area contributed by atoms with Crippen molar-refractivity contribution in [1.29, 1.82) is 0 Å². The van der Waals surface area contributed by atoms with E-state index >= 15 is 0 Å². The van der Waals surface area contributed by atoms with Crippen LogP contribution in [-0.2, 0) is 4.74 Å². The number of hydrogen-bond donors (Lipinski definition) is 0. The van der Waals surface area contributed by atoms with Crippen molar-refractivity contribution < 1.29 is 4.74 Å². The Morgan fingerprint density at radius 1 is 1.20 bits per heavy atom. The zero-order valence-electron chi connectivity index (χ0n) is 8.47. The number of aromatic nitrogens is 2. The van der Waals surface area contributed by atoms with Gasteiger partial charge >= 0.3 is 0 Å². The van der Waals surface area contributed by atoms with E-state index in [9.17, 15) is 0 Å². The number of hydrogen-bond acceptors (Lipinski definition) is 3. The molecule has 1 fully saturated rings. The molecule has 0 spiro atoms. The van der Waals surface area contributed by atoms with E-state index in [1.54, 1.807) is 0 Å². The lowest BCUT2D eigenvalue weighted by Crippen LogP contribution is -2.37. The highest BCUT2D eigenvalue weighted by Gasteiger charge is 2.13. The molecule has 2 aromatic rings. The minimum Gasteiger partial charge on any atom is -0.378 e. The third kappa shape index (κ3) is 1.47. The first kappa shape index (κ1) is 8.73. The van der Waals surface area contributed by atoms with Crippen LogP contribution in [0.15, 0.2) is 30.6 Å². The Labute approximate surface area is 88.1 Å². The van der Waals surface area contributed by atoms with Crippen molar-refractivity contribution in [2.75, 3.05) is 31.2 Å². The Morgan fingerprint density at radius 2 is 2.07 bits per heavy atom. The molecule has 0 N–H and O–H groups in total. The topological polar surface area (TPSA) is 29.8 Å². The smallest absolute Gasteiger partial charge is 0.138 e. The monoisotopic (exact) mass is 203 g/mol. The van der Waals surface area contributed by atoms with Crippen LogP contribution in [0.5, 0.6) is 0 Å². The van der Waals surface area contributed by atoms with Gasteiger partial charge in [-0.15, -0.1) is 0 Å². The molecule has 0 atom stereocenters. The minimum absolute atomic E-state index is 0.811. The Morgan fingerprint density at radius 3 is 2.93 bits per heavy atom. The molecule has 3 rings (SSSR count). The number of anilines is 1. The maximum Gasteiger partial charge on any atom is 0.138 e. The zero-order valence-corrected chi connectivity index (χ0v) is 8.47. The molecule has 0 aliphatic carbocycles. The Bertz CT molecular complexity index is 460. The Balaban J connectivity index is 2.05. The predicted octanol–water partition coefficient (Wildman–Crippen LogP) is 1.17. The first-order valence-electron chi connectivity index (χ1n) is 5.20. The molecule has 0 saturated carbocycles. The Kier molecular flexibility index (Phi) is 2.07. The van der Waals surface area contributed by atoms with Gasteiger partial charge in [0.2, 0.25) is 0 Å². The van der Waals surface area contributed by atoms with Crippen LogP contribution in [0.1, 0.15) is 0 Å². The molecule has 0 amide bonds. The predicted molar refractivity (Wildman–Crippen MR) is 58.2 cm³/mol. The van der Waals surface area contributed by atoms with Gasteiger partial charge in [0.15, 0.2) is 0 Å². The average Bonchev–Trinajstić information content (AvgIpc) is 2.78. The highest BCUT2D eigenvalue weighted by molar-refractivity contribution is 5.51. The maximum absolute atomic E-state index is 5.35. The van der Waals surface area contributed by atoms with Gasteiger partial charge in [0.1, 0.15) is 11.5 Å². The van der Waals surface area contributed by atoms with E-state index in [1.807, 2.05) is 24.5 Å². The van der Waals surface area contributed by atoms with Crippen molar-refractivity contribution in [3.8, 4) is 0 Å². The van der Waals surface area contributed by atoms with Gasteiger partial charge in [-0.2, -0.15) is 0 Å². The lowest BCUT2D eigenvalue weighted by molar-refractivity contribution is 0.122. The van der Waals surface area contributed by atoms with E-state index in [2.05, 4.69) is 20.4 Å². The van der Waals surface area contributed by atoms with Crippen molar-refractivity contribution >= 4 is 11.5 Å². The summed E-state index contributed by atoms with van der Waals surface area (Å²) in [5.41, 5.74) is 0.999. The molecule has 1 aliphatic rings. The lowest BCUT2D eigenvalue weighted by Gasteiger charge is -2.29. The van der Waals surface area contributed by atoms with Crippen LogP contribution < -0.4 is 4.90 Å². The molecule has 1 aliphatic heterocycles. The van der Waals surface area contributed by atoms with Gasteiger partial charge in [-0.25, -0.2) is 4.98 Å². The van der Waals surface area contributed by atoms with E-state index < -0.39 is 0 Å². The molecule has 4 heteroatoms. The summed E-state index contributed by atoms with van der Waals surface area (Å²) in [6.07, 6.45) is 3.83. The molecule has 0 radical (unpaired) electrons. The summed E-state index contributed by atoms with van der Waals surface area (Å²) < 4.78 is 7.46. The fraction of sp³-hybridized carbons (Fsp3) is 0.364. The standard InChI is InChI=1S/C11H13N3O/c1-2-10-12-4-5-14(10)11(3-1)13-6-8-15-9-7-13/h1-5H,6-9H2. The van der Waals surface area contributed by atoms with E-state index in [-0.39, 0.29) is 0 Å². The van der Waals surface area contributed by atoms with Gasteiger partial charge < -0.3 is 9.64 Å². The number of fused-ring (bicyclic) bond motifs is 1. The molecule has 4 nitrogen and oxygen atoms in total. The van der Waals surface area contributed by atoms with Crippen LogP contribution >= 0.6 is 0 Å². The second kappa shape index (κ2) is 3.55. The number of pyridine rings is 1. The summed E-state index contributed by atoms with van der Waals surface area (Å²) in [4.78, 5) is 6.61. The van der Waals surface area contributed by atoms with Crippen molar-refractivity contribution in [2.24, 2.45) is 0 Å². The van der Waals surface area contributed by atoms with Crippen LogP contribution in [0.2, 0.25) is 0 Å². The molecule has 2 aromatic heterocycles. The fourth-order valence-corrected chi connectivity index (χ4v) is 1.98. The van der Waals surface area contributed by atoms with Crippen molar-refractivity contribution in [1.82, 2.24) is 9.38 Å². The normalized spacial score (nSPS) is 17.2. The minimum atomic E-state index is 0.811. The van der Waals surface area contributed by atoms with Gasteiger partial charge in [0.05, 0.1) is 13.2 Å². The van der Waals surface area contributed by atoms with Gasteiger partial charge in [0, 0.05) is 25.5 Å². The molecule has 78 valence electrons. The van der Waals surface area contributed by atoms with Crippen LogP contribution in [0, 0.1) is 0 Å². The van der Waals surface area contributed by atoms with E-state index in [0.717, 1.165) is 32.0 Å². The molecule has 0 aromatic carbocycles. The highest BCUT2D eigenvalue weighted by atomic mass is 16.5. The number of ether oxygens (including phenoxy) is 1. The largest absolute Gasteiger partial charge is 0.378 e. The summed E-state index contributed by atoms with van der Waals surface area (Å²) in [5, 5.41) is 0. The SMILES string of the molecule is c1cc(N2CCOCC2)n2ccnc2c1. The van der Waals surface area contributed by atoms with E-state index in [0.29, 0.717) is 0 Å². The summed E-state index contributed by atoms with van der Waals surface area (Å²) in [6.45, 7) is 3.53. The summed E-state index contributed by atoms with van der Waals surface area (Å²) in [5.74, 6) is 1.20. The fourth-order valence-electron chi connectivity index (χ4n) is 1.98. The first-order chi connectivity index (χ1) is 7.45. The lowest BCUT2D eigenvalue weighted by atomic mass is 10.3. The maximum atomic E-state index is 5.35. The summed E-state index contributed by atoms with van der Waals surface area (Å²) in [7, 11) is 0. The number of imidazole rings is 1. The quantitative estimate of drug-likeness (QED) is 0.697. The van der Waals surface area contributed by atoms with Crippen LogP contribution in [0.25, 0.3) is 5.65 Å². The van der Waals surface area contributed by atoms with Crippen molar-refractivity contribution in [3.63, 3.8) is 0 Å². The zero-order chi connectivity index (χ0) is 10.1. The average molecular weight is 203 g/mol. The molecule has 0 bridgehead atoms. The van der Waals surface area contributed by atoms with Crippen LogP contribution in [0.4, 0.5) is 5.82 Å².